The molecule has 0 aliphatic carbocycles. The van der Waals surface area contributed by atoms with Gasteiger partial charge in [-0.3, -0.25) is 4.90 Å². The van der Waals surface area contributed by atoms with E-state index in [9.17, 15) is 4.39 Å². The Labute approximate surface area is 121 Å². The zero-order chi connectivity index (χ0) is 12.8. The number of rotatable bonds is 5. The fraction of sp³-hybridized carbons (Fsp3) is 0.600. The van der Waals surface area contributed by atoms with Gasteiger partial charge in [0.25, 0.3) is 0 Å². The van der Waals surface area contributed by atoms with E-state index >= 15 is 0 Å². The molecule has 1 aliphatic rings. The summed E-state index contributed by atoms with van der Waals surface area (Å²) in [4.78, 5) is 2.37. The monoisotopic (exact) mass is 286 g/mol. The van der Waals surface area contributed by atoms with Crippen molar-refractivity contribution in [2.75, 3.05) is 26.7 Å². The number of halogens is 2. The van der Waals surface area contributed by atoms with Crippen molar-refractivity contribution >= 4 is 12.4 Å². The topological polar surface area (TPSA) is 15.3 Å². The van der Waals surface area contributed by atoms with Crippen LogP contribution < -0.4 is 5.32 Å². The molecule has 1 saturated heterocycles. The summed E-state index contributed by atoms with van der Waals surface area (Å²) < 4.78 is 13.6. The molecule has 0 bridgehead atoms. The van der Waals surface area contributed by atoms with Gasteiger partial charge in [0.05, 0.1) is 0 Å². The van der Waals surface area contributed by atoms with Crippen molar-refractivity contribution in [3.05, 3.63) is 35.6 Å². The summed E-state index contributed by atoms with van der Waals surface area (Å²) in [5.74, 6) is 0.768. The second-order valence-corrected chi connectivity index (χ2v) is 5.20. The maximum atomic E-state index is 13.6. The SMILES string of the molecule is CNCCC1CCN(Cc2ccccc2F)CC1.Cl. The minimum Gasteiger partial charge on any atom is -0.320 e. The molecule has 1 aliphatic heterocycles. The summed E-state index contributed by atoms with van der Waals surface area (Å²) in [5.41, 5.74) is 0.825. The molecule has 2 nitrogen and oxygen atoms in total. The van der Waals surface area contributed by atoms with E-state index in [2.05, 4.69) is 10.2 Å². The van der Waals surface area contributed by atoms with Gasteiger partial charge in [0.2, 0.25) is 0 Å². The Bertz CT molecular complexity index is 365. The van der Waals surface area contributed by atoms with Gasteiger partial charge in [-0.1, -0.05) is 18.2 Å². The molecule has 0 atom stereocenters. The van der Waals surface area contributed by atoms with Gasteiger partial charge in [-0.2, -0.15) is 0 Å². The second-order valence-electron chi connectivity index (χ2n) is 5.20. The highest BCUT2D eigenvalue weighted by molar-refractivity contribution is 5.85. The molecule has 1 fully saturated rings. The third kappa shape index (κ3) is 5.09. The lowest BCUT2D eigenvalue weighted by Gasteiger charge is -2.32. The van der Waals surface area contributed by atoms with Crippen LogP contribution in [0.4, 0.5) is 4.39 Å². The first-order chi connectivity index (χ1) is 8.79. The number of nitrogens with one attached hydrogen (secondary N) is 1. The highest BCUT2D eigenvalue weighted by Crippen LogP contribution is 2.21. The summed E-state index contributed by atoms with van der Waals surface area (Å²) >= 11 is 0. The van der Waals surface area contributed by atoms with E-state index in [4.69, 9.17) is 0 Å². The maximum Gasteiger partial charge on any atom is 0.127 e. The van der Waals surface area contributed by atoms with E-state index in [0.717, 1.165) is 37.7 Å². The van der Waals surface area contributed by atoms with E-state index in [1.165, 1.54) is 19.3 Å². The number of likely N-dealkylation sites (tertiary alicyclic amines) is 1. The first-order valence-corrected chi connectivity index (χ1v) is 6.90. The fourth-order valence-corrected chi connectivity index (χ4v) is 2.65. The summed E-state index contributed by atoms with van der Waals surface area (Å²) in [5, 5.41) is 3.21. The van der Waals surface area contributed by atoms with E-state index < -0.39 is 0 Å². The van der Waals surface area contributed by atoms with Crippen molar-refractivity contribution in [1.29, 1.82) is 0 Å². The number of nitrogens with zero attached hydrogens (tertiary/aromatic N) is 1. The molecule has 0 radical (unpaired) electrons. The van der Waals surface area contributed by atoms with Crippen LogP contribution in [0, 0.1) is 11.7 Å². The van der Waals surface area contributed by atoms with Crippen LogP contribution in [0.15, 0.2) is 24.3 Å². The molecule has 2 rings (SSSR count). The molecule has 0 amide bonds. The first-order valence-electron chi connectivity index (χ1n) is 6.90. The first kappa shape index (κ1) is 16.4. The van der Waals surface area contributed by atoms with Crippen LogP contribution in [0.3, 0.4) is 0 Å². The Hall–Kier alpha value is -0.640. The molecular weight excluding hydrogens is 263 g/mol. The van der Waals surface area contributed by atoms with Crippen molar-refractivity contribution in [3.63, 3.8) is 0 Å². The molecule has 0 saturated carbocycles. The van der Waals surface area contributed by atoms with Crippen LogP contribution in [0.5, 0.6) is 0 Å². The Morgan fingerprint density at radius 3 is 2.58 bits per heavy atom. The van der Waals surface area contributed by atoms with Crippen molar-refractivity contribution in [3.8, 4) is 0 Å². The number of hydrogen-bond donors (Lipinski definition) is 1. The van der Waals surface area contributed by atoms with Crippen molar-refractivity contribution in [2.24, 2.45) is 5.92 Å². The predicted molar refractivity (Wildman–Crippen MR) is 80.2 cm³/mol. The van der Waals surface area contributed by atoms with Crippen LogP contribution >= 0.6 is 12.4 Å². The van der Waals surface area contributed by atoms with Crippen molar-refractivity contribution in [2.45, 2.75) is 25.8 Å². The third-order valence-corrected chi connectivity index (χ3v) is 3.86. The third-order valence-electron chi connectivity index (χ3n) is 3.86. The predicted octanol–water partition coefficient (Wildman–Crippen LogP) is 3.07. The van der Waals surface area contributed by atoms with Crippen LogP contribution in [0.1, 0.15) is 24.8 Å². The highest BCUT2D eigenvalue weighted by atomic mass is 35.5. The average Bonchev–Trinajstić information content (AvgIpc) is 2.41. The van der Waals surface area contributed by atoms with Gasteiger partial charge in [0.1, 0.15) is 5.82 Å². The van der Waals surface area contributed by atoms with Gasteiger partial charge in [-0.25, -0.2) is 4.39 Å². The molecule has 0 spiro atoms. The van der Waals surface area contributed by atoms with Crippen molar-refractivity contribution in [1.82, 2.24) is 10.2 Å². The molecule has 1 aromatic carbocycles. The molecule has 1 heterocycles. The van der Waals surface area contributed by atoms with Crippen LogP contribution in [-0.4, -0.2) is 31.6 Å². The lowest BCUT2D eigenvalue weighted by molar-refractivity contribution is 0.171. The molecule has 0 aromatic heterocycles. The van der Waals surface area contributed by atoms with E-state index in [1.54, 1.807) is 12.1 Å². The second kappa shape index (κ2) is 8.51. The van der Waals surface area contributed by atoms with Gasteiger partial charge >= 0.3 is 0 Å². The largest absolute Gasteiger partial charge is 0.320 e. The Morgan fingerprint density at radius 1 is 1.26 bits per heavy atom. The summed E-state index contributed by atoms with van der Waals surface area (Å²) in [6.45, 7) is 4.06. The van der Waals surface area contributed by atoms with Gasteiger partial charge in [0, 0.05) is 12.1 Å². The summed E-state index contributed by atoms with van der Waals surface area (Å²) in [7, 11) is 2.01. The maximum absolute atomic E-state index is 13.6. The van der Waals surface area contributed by atoms with E-state index in [1.807, 2.05) is 19.2 Å². The molecule has 19 heavy (non-hydrogen) atoms. The Kier molecular flexibility index (Phi) is 7.36. The quantitative estimate of drug-likeness (QED) is 0.895. The summed E-state index contributed by atoms with van der Waals surface area (Å²) in [6.07, 6.45) is 3.76. The molecular formula is C15H24ClFN2. The fourth-order valence-electron chi connectivity index (χ4n) is 2.65. The van der Waals surface area contributed by atoms with Gasteiger partial charge < -0.3 is 5.32 Å². The molecule has 108 valence electrons. The average molecular weight is 287 g/mol. The zero-order valence-electron chi connectivity index (χ0n) is 11.6. The number of hydrogen-bond acceptors (Lipinski definition) is 2. The minimum absolute atomic E-state index is 0. The highest BCUT2D eigenvalue weighted by Gasteiger charge is 2.19. The van der Waals surface area contributed by atoms with Crippen LogP contribution in [0.2, 0.25) is 0 Å². The molecule has 0 unspecified atom stereocenters. The Balaban J connectivity index is 0.00000180. The van der Waals surface area contributed by atoms with Gasteiger partial charge in [-0.15, -0.1) is 12.4 Å². The lowest BCUT2D eigenvalue weighted by Crippen LogP contribution is -2.34. The van der Waals surface area contributed by atoms with Gasteiger partial charge in [0.15, 0.2) is 0 Å². The number of piperidine rings is 1. The molecule has 1 N–H and O–H groups in total. The normalized spacial score (nSPS) is 17.2. The smallest absolute Gasteiger partial charge is 0.127 e. The van der Waals surface area contributed by atoms with E-state index in [0.29, 0.717) is 0 Å². The minimum atomic E-state index is -0.0743. The Morgan fingerprint density at radius 2 is 1.95 bits per heavy atom. The summed E-state index contributed by atoms with van der Waals surface area (Å²) in [6, 6.07) is 7.11. The zero-order valence-corrected chi connectivity index (χ0v) is 12.4. The molecule has 1 aromatic rings. The molecule has 4 heteroatoms. The standard InChI is InChI=1S/C15H23FN2.ClH/c1-17-9-6-13-7-10-18(11-8-13)12-14-4-2-3-5-15(14)16;/h2-5,13,17H,6-12H2,1H3;1H. The van der Waals surface area contributed by atoms with Gasteiger partial charge in [-0.05, 0) is 57.9 Å². The lowest BCUT2D eigenvalue weighted by atomic mass is 9.93. The van der Waals surface area contributed by atoms with Crippen molar-refractivity contribution < 1.29 is 4.39 Å². The van der Waals surface area contributed by atoms with Crippen LogP contribution in [-0.2, 0) is 6.54 Å². The number of benzene rings is 1. The van der Waals surface area contributed by atoms with E-state index in [-0.39, 0.29) is 18.2 Å². The van der Waals surface area contributed by atoms with Crippen LogP contribution in [0.25, 0.3) is 0 Å².